The van der Waals surface area contributed by atoms with Crippen LogP contribution in [0, 0.1) is 18.8 Å². The molecule has 14 heavy (non-hydrogen) atoms. The quantitative estimate of drug-likeness (QED) is 0.605. The summed E-state index contributed by atoms with van der Waals surface area (Å²) in [6.45, 7) is 1.38. The Labute approximate surface area is 81.0 Å². The zero-order valence-electron chi connectivity index (χ0n) is 7.90. The Bertz CT molecular complexity index is 423. The van der Waals surface area contributed by atoms with Gasteiger partial charge in [-0.15, -0.1) is 0 Å². The van der Waals surface area contributed by atoms with Gasteiger partial charge in [-0.2, -0.15) is 5.10 Å². The van der Waals surface area contributed by atoms with Crippen molar-refractivity contribution in [2.45, 2.75) is 6.92 Å². The summed E-state index contributed by atoms with van der Waals surface area (Å²) >= 11 is 0. The number of hydrogen-bond donors (Lipinski definition) is 2. The first-order chi connectivity index (χ1) is 6.57. The van der Waals surface area contributed by atoms with E-state index < -0.39 is 5.97 Å². The highest BCUT2D eigenvalue weighted by atomic mass is 16.4. The normalized spacial score (nSPS) is 9.36. The molecule has 2 N–H and O–H groups in total. The second-order valence-corrected chi connectivity index (χ2v) is 2.70. The van der Waals surface area contributed by atoms with Crippen LogP contribution in [0.3, 0.4) is 0 Å². The molecule has 0 spiro atoms. The molecule has 0 aliphatic heterocycles. The van der Waals surface area contributed by atoms with Crippen molar-refractivity contribution >= 4 is 5.97 Å². The van der Waals surface area contributed by atoms with Gasteiger partial charge in [-0.3, -0.25) is 4.68 Å². The monoisotopic (exact) mass is 194 g/mol. The van der Waals surface area contributed by atoms with Gasteiger partial charge in [0, 0.05) is 7.05 Å². The highest BCUT2D eigenvalue weighted by Gasteiger charge is 2.17. The molecule has 0 fully saturated rings. The van der Waals surface area contributed by atoms with Crippen LogP contribution in [0.1, 0.15) is 21.7 Å². The molecule has 1 rings (SSSR count). The number of carboxylic acids is 1. The third kappa shape index (κ3) is 1.75. The molecule has 0 aliphatic rings. The van der Waals surface area contributed by atoms with E-state index in [-0.39, 0.29) is 12.3 Å². The summed E-state index contributed by atoms with van der Waals surface area (Å²) in [5.74, 6) is 3.90. The second kappa shape index (κ2) is 3.94. The third-order valence-corrected chi connectivity index (χ3v) is 1.72. The van der Waals surface area contributed by atoms with Gasteiger partial charge in [-0.1, -0.05) is 11.8 Å². The van der Waals surface area contributed by atoms with E-state index in [1.807, 2.05) is 0 Å². The summed E-state index contributed by atoms with van der Waals surface area (Å²) in [6.07, 6.45) is 0. The number of carboxylic acid groups (broad SMARTS) is 1. The predicted molar refractivity (Wildman–Crippen MR) is 48.9 cm³/mol. The first-order valence-electron chi connectivity index (χ1n) is 3.94. The van der Waals surface area contributed by atoms with Gasteiger partial charge < -0.3 is 10.2 Å². The Kier molecular flexibility index (Phi) is 2.89. The number of aromatic carboxylic acids is 1. The average molecular weight is 194 g/mol. The minimum absolute atomic E-state index is 0.0449. The van der Waals surface area contributed by atoms with Crippen LogP contribution in [0.2, 0.25) is 0 Å². The van der Waals surface area contributed by atoms with Gasteiger partial charge in [-0.05, 0) is 6.92 Å². The third-order valence-electron chi connectivity index (χ3n) is 1.72. The van der Waals surface area contributed by atoms with E-state index in [1.165, 1.54) is 4.68 Å². The molecule has 0 aromatic carbocycles. The Hall–Kier alpha value is -1.80. The lowest BCUT2D eigenvalue weighted by molar-refractivity contribution is 0.0684. The van der Waals surface area contributed by atoms with Gasteiger partial charge in [0.15, 0.2) is 5.69 Å². The maximum atomic E-state index is 10.8. The van der Waals surface area contributed by atoms with E-state index in [2.05, 4.69) is 16.9 Å². The van der Waals surface area contributed by atoms with Crippen molar-refractivity contribution in [3.8, 4) is 11.8 Å². The van der Waals surface area contributed by atoms with Gasteiger partial charge in [0.2, 0.25) is 0 Å². The van der Waals surface area contributed by atoms with Crippen LogP contribution in [0.5, 0.6) is 0 Å². The van der Waals surface area contributed by atoms with Crippen molar-refractivity contribution in [1.82, 2.24) is 9.78 Å². The summed E-state index contributed by atoms with van der Waals surface area (Å²) in [5.41, 5.74) is 0.948. The predicted octanol–water partition coefficient (Wildman–Crippen LogP) is -0.229. The standard InChI is InChI=1S/C9H10N2O3/c1-6-7(4-3-5-12)8(9(13)14)11(2)10-6/h12H,5H2,1-2H3,(H,13,14). The molecule has 74 valence electrons. The molecule has 0 atom stereocenters. The molecule has 1 heterocycles. The number of aromatic nitrogens is 2. The van der Waals surface area contributed by atoms with Gasteiger partial charge >= 0.3 is 5.97 Å². The van der Waals surface area contributed by atoms with Crippen molar-refractivity contribution in [2.24, 2.45) is 7.05 Å². The Morgan fingerprint density at radius 1 is 1.64 bits per heavy atom. The first-order valence-corrected chi connectivity index (χ1v) is 3.94. The highest BCUT2D eigenvalue weighted by molar-refractivity contribution is 5.89. The molecule has 0 saturated carbocycles. The lowest BCUT2D eigenvalue weighted by Gasteiger charge is -1.94. The fraction of sp³-hybridized carbons (Fsp3) is 0.333. The van der Waals surface area contributed by atoms with Gasteiger partial charge in [0.05, 0.1) is 11.3 Å². The van der Waals surface area contributed by atoms with E-state index in [9.17, 15) is 4.79 Å². The number of hydrogen-bond acceptors (Lipinski definition) is 3. The Morgan fingerprint density at radius 2 is 2.29 bits per heavy atom. The second-order valence-electron chi connectivity index (χ2n) is 2.70. The number of aryl methyl sites for hydroxylation is 2. The average Bonchev–Trinajstić information content (AvgIpc) is 2.37. The van der Waals surface area contributed by atoms with Crippen molar-refractivity contribution in [3.63, 3.8) is 0 Å². The molecule has 5 nitrogen and oxygen atoms in total. The number of nitrogens with zero attached hydrogens (tertiary/aromatic N) is 2. The smallest absolute Gasteiger partial charge is 0.355 e. The lowest BCUT2D eigenvalue weighted by Crippen LogP contribution is -2.07. The number of carbonyl (C=O) groups is 1. The SMILES string of the molecule is Cc1nn(C)c(C(=O)O)c1C#CCO. The van der Waals surface area contributed by atoms with E-state index in [4.69, 9.17) is 10.2 Å². The number of rotatable bonds is 1. The number of aliphatic hydroxyl groups is 1. The Morgan fingerprint density at radius 3 is 2.79 bits per heavy atom. The zero-order chi connectivity index (χ0) is 10.7. The fourth-order valence-corrected chi connectivity index (χ4v) is 1.18. The molecule has 0 amide bonds. The maximum Gasteiger partial charge on any atom is 0.355 e. The summed E-state index contributed by atoms with van der Waals surface area (Å²) in [5, 5.41) is 21.3. The van der Waals surface area contributed by atoms with Crippen molar-refractivity contribution < 1.29 is 15.0 Å². The van der Waals surface area contributed by atoms with Crippen LogP contribution >= 0.6 is 0 Å². The summed E-state index contributed by atoms with van der Waals surface area (Å²) in [6, 6.07) is 0. The largest absolute Gasteiger partial charge is 0.476 e. The van der Waals surface area contributed by atoms with Crippen LogP contribution in [0.15, 0.2) is 0 Å². The van der Waals surface area contributed by atoms with Crippen molar-refractivity contribution in [2.75, 3.05) is 6.61 Å². The first kappa shape index (κ1) is 10.3. The van der Waals surface area contributed by atoms with Gasteiger partial charge in [0.25, 0.3) is 0 Å². The molecular formula is C9H10N2O3. The topological polar surface area (TPSA) is 75.4 Å². The van der Waals surface area contributed by atoms with Crippen molar-refractivity contribution in [3.05, 3.63) is 17.0 Å². The lowest BCUT2D eigenvalue weighted by atomic mass is 10.2. The van der Waals surface area contributed by atoms with Gasteiger partial charge in [0.1, 0.15) is 6.61 Å². The molecule has 1 aromatic rings. The molecule has 0 bridgehead atoms. The Balaban J connectivity index is 3.32. The van der Waals surface area contributed by atoms with E-state index >= 15 is 0 Å². The summed E-state index contributed by atoms with van der Waals surface area (Å²) in [7, 11) is 1.54. The molecule has 0 aliphatic carbocycles. The fourth-order valence-electron chi connectivity index (χ4n) is 1.18. The van der Waals surface area contributed by atoms with Crippen LogP contribution in [0.25, 0.3) is 0 Å². The molecule has 0 saturated heterocycles. The molecule has 0 radical (unpaired) electrons. The molecule has 0 unspecified atom stereocenters. The minimum atomic E-state index is -1.07. The van der Waals surface area contributed by atoms with Crippen LogP contribution in [-0.4, -0.2) is 32.6 Å². The summed E-state index contributed by atoms with van der Waals surface area (Å²) < 4.78 is 1.26. The zero-order valence-corrected chi connectivity index (χ0v) is 7.90. The minimum Gasteiger partial charge on any atom is -0.476 e. The van der Waals surface area contributed by atoms with Gasteiger partial charge in [-0.25, -0.2) is 4.79 Å². The number of aliphatic hydroxyl groups excluding tert-OH is 1. The van der Waals surface area contributed by atoms with E-state index in [0.29, 0.717) is 11.3 Å². The van der Waals surface area contributed by atoms with Crippen LogP contribution in [0.4, 0.5) is 0 Å². The van der Waals surface area contributed by atoms with Crippen molar-refractivity contribution in [1.29, 1.82) is 0 Å². The maximum absolute atomic E-state index is 10.8. The van der Waals surface area contributed by atoms with E-state index in [0.717, 1.165) is 0 Å². The molecular weight excluding hydrogens is 184 g/mol. The van der Waals surface area contributed by atoms with Crippen LogP contribution < -0.4 is 0 Å². The molecule has 5 heteroatoms. The summed E-state index contributed by atoms with van der Waals surface area (Å²) in [4.78, 5) is 10.8. The van der Waals surface area contributed by atoms with E-state index in [1.54, 1.807) is 14.0 Å². The molecule has 1 aromatic heterocycles. The van der Waals surface area contributed by atoms with Crippen LogP contribution in [-0.2, 0) is 7.05 Å². The highest BCUT2D eigenvalue weighted by Crippen LogP contribution is 2.11.